The van der Waals surface area contributed by atoms with Crippen molar-refractivity contribution < 1.29 is 4.79 Å². The number of hydrogen-bond acceptors (Lipinski definition) is 7. The quantitative estimate of drug-likeness (QED) is 0.484. The molecule has 1 aromatic heterocycles. The van der Waals surface area contributed by atoms with Gasteiger partial charge in [-0.1, -0.05) is 59.5 Å². The molecule has 0 radical (unpaired) electrons. The van der Waals surface area contributed by atoms with E-state index in [1.54, 1.807) is 4.90 Å². The molecule has 0 bridgehead atoms. The summed E-state index contributed by atoms with van der Waals surface area (Å²) < 4.78 is 0.735. The highest BCUT2D eigenvalue weighted by atomic mass is 32.2. The SMILES string of the molecule is Cc1ccc(N(CCC#N)C(=O)CSc2nnc(NCc3ccccc3)s2)cc1C. The lowest BCUT2D eigenvalue weighted by Gasteiger charge is -2.22. The molecule has 1 heterocycles. The number of carbonyl (C=O) groups is 1. The van der Waals surface area contributed by atoms with E-state index in [4.69, 9.17) is 5.26 Å². The van der Waals surface area contributed by atoms with Crippen molar-refractivity contribution in [1.29, 1.82) is 5.26 Å². The Morgan fingerprint density at radius 3 is 2.70 bits per heavy atom. The summed E-state index contributed by atoms with van der Waals surface area (Å²) in [5.74, 6) is 0.193. The molecule has 1 amide bonds. The number of amides is 1. The van der Waals surface area contributed by atoms with E-state index >= 15 is 0 Å². The van der Waals surface area contributed by atoms with E-state index in [-0.39, 0.29) is 18.1 Å². The minimum atomic E-state index is -0.0486. The van der Waals surface area contributed by atoms with E-state index in [0.717, 1.165) is 20.7 Å². The Labute approximate surface area is 185 Å². The number of thioether (sulfide) groups is 1. The van der Waals surface area contributed by atoms with Gasteiger partial charge in [-0.25, -0.2) is 0 Å². The average Bonchev–Trinajstić information content (AvgIpc) is 3.22. The zero-order valence-electron chi connectivity index (χ0n) is 17.0. The molecule has 0 aliphatic rings. The fraction of sp³-hybridized carbons (Fsp3) is 0.273. The third-order valence-electron chi connectivity index (χ3n) is 4.56. The molecule has 0 fully saturated rings. The Morgan fingerprint density at radius 1 is 1.17 bits per heavy atom. The largest absolute Gasteiger partial charge is 0.356 e. The molecule has 0 aliphatic heterocycles. The maximum absolute atomic E-state index is 12.9. The molecular formula is C22H23N5OS2. The highest BCUT2D eigenvalue weighted by Gasteiger charge is 2.17. The highest BCUT2D eigenvalue weighted by Crippen LogP contribution is 2.27. The lowest BCUT2D eigenvalue weighted by Crippen LogP contribution is -2.33. The molecular weight excluding hydrogens is 414 g/mol. The summed E-state index contributed by atoms with van der Waals surface area (Å²) in [4.78, 5) is 14.6. The van der Waals surface area contributed by atoms with E-state index in [1.165, 1.54) is 34.2 Å². The van der Waals surface area contributed by atoms with Crippen molar-refractivity contribution in [2.45, 2.75) is 31.2 Å². The summed E-state index contributed by atoms with van der Waals surface area (Å²) in [7, 11) is 0. The molecule has 0 aliphatic carbocycles. The molecule has 154 valence electrons. The molecule has 0 unspecified atom stereocenters. The van der Waals surface area contributed by atoms with Gasteiger partial charge in [-0.05, 0) is 42.7 Å². The summed E-state index contributed by atoms with van der Waals surface area (Å²) in [5.41, 5.74) is 4.28. The predicted octanol–water partition coefficient (Wildman–Crippen LogP) is 4.81. The number of hydrogen-bond donors (Lipinski definition) is 1. The lowest BCUT2D eigenvalue weighted by atomic mass is 10.1. The van der Waals surface area contributed by atoms with Crippen LogP contribution in [0.4, 0.5) is 10.8 Å². The number of benzene rings is 2. The molecule has 6 nitrogen and oxygen atoms in total. The summed E-state index contributed by atoms with van der Waals surface area (Å²) in [6, 6.07) is 18.1. The summed E-state index contributed by atoms with van der Waals surface area (Å²) in [6.45, 7) is 5.10. The summed E-state index contributed by atoms with van der Waals surface area (Å²) in [6.07, 6.45) is 0.287. The van der Waals surface area contributed by atoms with Crippen molar-refractivity contribution in [2.24, 2.45) is 0 Å². The molecule has 30 heavy (non-hydrogen) atoms. The summed E-state index contributed by atoms with van der Waals surface area (Å²) in [5, 5.41) is 21.3. The van der Waals surface area contributed by atoms with Crippen LogP contribution in [0.2, 0.25) is 0 Å². The van der Waals surface area contributed by atoms with Gasteiger partial charge in [-0.15, -0.1) is 10.2 Å². The second-order valence-electron chi connectivity index (χ2n) is 6.72. The summed E-state index contributed by atoms with van der Waals surface area (Å²) >= 11 is 2.80. The van der Waals surface area contributed by atoms with Crippen LogP contribution in [0.1, 0.15) is 23.1 Å². The van der Waals surface area contributed by atoms with Gasteiger partial charge in [-0.2, -0.15) is 5.26 Å². The lowest BCUT2D eigenvalue weighted by molar-refractivity contribution is -0.116. The number of anilines is 2. The van der Waals surface area contributed by atoms with Gasteiger partial charge in [0.05, 0.1) is 18.2 Å². The number of nitriles is 1. The van der Waals surface area contributed by atoms with Crippen LogP contribution in [0.5, 0.6) is 0 Å². The number of nitrogens with zero attached hydrogens (tertiary/aromatic N) is 4. The van der Waals surface area contributed by atoms with Gasteiger partial charge >= 0.3 is 0 Å². The number of aryl methyl sites for hydroxylation is 2. The molecule has 3 rings (SSSR count). The van der Waals surface area contributed by atoms with Gasteiger partial charge in [0.25, 0.3) is 0 Å². The first-order chi connectivity index (χ1) is 14.6. The molecule has 3 aromatic rings. The van der Waals surface area contributed by atoms with Crippen LogP contribution >= 0.6 is 23.1 Å². The van der Waals surface area contributed by atoms with Gasteiger partial charge in [0.2, 0.25) is 11.0 Å². The Bertz CT molecular complexity index is 1030. The van der Waals surface area contributed by atoms with E-state index in [9.17, 15) is 4.79 Å². The van der Waals surface area contributed by atoms with Gasteiger partial charge in [0.15, 0.2) is 4.34 Å². The van der Waals surface area contributed by atoms with Crippen molar-refractivity contribution in [3.8, 4) is 6.07 Å². The molecule has 8 heteroatoms. The van der Waals surface area contributed by atoms with Gasteiger partial charge in [-0.3, -0.25) is 4.79 Å². The second kappa shape index (κ2) is 10.8. The smallest absolute Gasteiger partial charge is 0.237 e. The Hall–Kier alpha value is -2.89. The van der Waals surface area contributed by atoms with Crippen LogP contribution in [-0.4, -0.2) is 28.4 Å². The standard InChI is InChI=1S/C22H23N5OS2/c1-16-9-10-19(13-17(16)2)27(12-6-11-23)20(28)15-29-22-26-25-21(30-22)24-14-18-7-4-3-5-8-18/h3-5,7-10,13H,6,12,14-15H2,1-2H3,(H,24,25). The number of carbonyl (C=O) groups excluding carboxylic acids is 1. The monoisotopic (exact) mass is 437 g/mol. The number of rotatable bonds is 9. The highest BCUT2D eigenvalue weighted by molar-refractivity contribution is 8.01. The number of aromatic nitrogens is 2. The van der Waals surface area contributed by atoms with Crippen LogP contribution in [0.25, 0.3) is 0 Å². The fourth-order valence-electron chi connectivity index (χ4n) is 2.77. The van der Waals surface area contributed by atoms with Crippen LogP contribution in [0, 0.1) is 25.2 Å². The van der Waals surface area contributed by atoms with E-state index in [1.807, 2.05) is 62.4 Å². The first-order valence-electron chi connectivity index (χ1n) is 9.55. The second-order valence-corrected chi connectivity index (χ2v) is 8.92. The van der Waals surface area contributed by atoms with Crippen molar-refractivity contribution in [3.05, 3.63) is 65.2 Å². The molecule has 2 aromatic carbocycles. The van der Waals surface area contributed by atoms with Crippen molar-refractivity contribution in [1.82, 2.24) is 10.2 Å². The van der Waals surface area contributed by atoms with Gasteiger partial charge in [0.1, 0.15) is 0 Å². The zero-order valence-corrected chi connectivity index (χ0v) is 18.6. The molecule has 0 spiro atoms. The van der Waals surface area contributed by atoms with Gasteiger partial charge < -0.3 is 10.2 Å². The molecule has 1 N–H and O–H groups in total. The average molecular weight is 438 g/mol. The first-order valence-corrected chi connectivity index (χ1v) is 11.4. The van der Waals surface area contributed by atoms with Crippen molar-refractivity contribution >= 4 is 39.8 Å². The molecule has 0 atom stereocenters. The third-order valence-corrected chi connectivity index (χ3v) is 6.56. The van der Waals surface area contributed by atoms with Gasteiger partial charge in [0, 0.05) is 18.8 Å². The zero-order chi connectivity index (χ0) is 21.3. The van der Waals surface area contributed by atoms with Crippen LogP contribution in [0.15, 0.2) is 52.9 Å². The Morgan fingerprint density at radius 2 is 1.97 bits per heavy atom. The maximum Gasteiger partial charge on any atom is 0.237 e. The Kier molecular flexibility index (Phi) is 7.82. The fourth-order valence-corrected chi connectivity index (χ4v) is 4.39. The maximum atomic E-state index is 12.9. The van der Waals surface area contributed by atoms with Crippen molar-refractivity contribution in [2.75, 3.05) is 22.5 Å². The van der Waals surface area contributed by atoms with Crippen LogP contribution < -0.4 is 10.2 Å². The van der Waals surface area contributed by atoms with Crippen molar-refractivity contribution in [3.63, 3.8) is 0 Å². The van der Waals surface area contributed by atoms with Crippen LogP contribution in [-0.2, 0) is 11.3 Å². The first kappa shape index (κ1) is 21.8. The normalized spacial score (nSPS) is 10.4. The Balaban J connectivity index is 1.59. The number of nitrogens with one attached hydrogen (secondary N) is 1. The topological polar surface area (TPSA) is 81.9 Å². The predicted molar refractivity (Wildman–Crippen MR) is 123 cm³/mol. The van der Waals surface area contributed by atoms with E-state index in [2.05, 4.69) is 21.6 Å². The minimum absolute atomic E-state index is 0.0486. The molecule has 0 saturated heterocycles. The molecule has 0 saturated carbocycles. The third kappa shape index (κ3) is 6.05. The van der Waals surface area contributed by atoms with E-state index in [0.29, 0.717) is 13.1 Å². The van der Waals surface area contributed by atoms with E-state index < -0.39 is 0 Å². The van der Waals surface area contributed by atoms with Crippen LogP contribution in [0.3, 0.4) is 0 Å². The minimum Gasteiger partial charge on any atom is -0.356 e.